The van der Waals surface area contributed by atoms with E-state index in [1.165, 1.54) is 36.2 Å². The molecule has 0 atom stereocenters. The lowest BCUT2D eigenvalue weighted by molar-refractivity contribution is 0.412. The second kappa shape index (κ2) is 3.54. The van der Waals surface area contributed by atoms with E-state index in [4.69, 9.17) is 0 Å². The van der Waals surface area contributed by atoms with Gasteiger partial charge in [0.1, 0.15) is 0 Å². The quantitative estimate of drug-likeness (QED) is 0.730. The molecule has 0 spiro atoms. The minimum atomic E-state index is 0.823. The molecule has 2 nitrogen and oxygen atoms in total. The Morgan fingerprint density at radius 1 is 1.54 bits per heavy atom. The van der Waals surface area contributed by atoms with Gasteiger partial charge in [-0.1, -0.05) is 6.42 Å². The molecule has 0 aliphatic heterocycles. The number of aromatic amines is 1. The van der Waals surface area contributed by atoms with Crippen LogP contribution in [0.1, 0.15) is 42.1 Å². The molecule has 0 radical (unpaired) electrons. The Balaban J connectivity index is 2.14. The van der Waals surface area contributed by atoms with E-state index in [2.05, 4.69) is 23.3 Å². The molecule has 13 heavy (non-hydrogen) atoms. The highest BCUT2D eigenvalue weighted by atomic mass is 14.8. The smallest absolute Gasteiger partial charge is 0.0220 e. The predicted molar refractivity (Wildman–Crippen MR) is 54.9 cm³/mol. The minimum absolute atomic E-state index is 0.823. The molecule has 1 aromatic rings. The van der Waals surface area contributed by atoms with Gasteiger partial charge < -0.3 is 10.3 Å². The third-order valence-corrected chi connectivity index (χ3v) is 3.06. The second-order valence-corrected chi connectivity index (χ2v) is 4.03. The van der Waals surface area contributed by atoms with Gasteiger partial charge in [0.25, 0.3) is 0 Å². The lowest BCUT2D eigenvalue weighted by atomic mass is 9.83. The van der Waals surface area contributed by atoms with E-state index in [0.717, 1.165) is 12.5 Å². The molecule has 2 rings (SSSR count). The average molecular weight is 178 g/mol. The van der Waals surface area contributed by atoms with Gasteiger partial charge >= 0.3 is 0 Å². The van der Waals surface area contributed by atoms with Crippen molar-refractivity contribution < 1.29 is 0 Å². The van der Waals surface area contributed by atoms with E-state index in [9.17, 15) is 0 Å². The molecule has 1 aliphatic rings. The molecule has 0 unspecified atom stereocenters. The summed E-state index contributed by atoms with van der Waals surface area (Å²) in [6, 6.07) is 2.33. The van der Waals surface area contributed by atoms with Gasteiger partial charge in [-0.15, -0.1) is 0 Å². The first kappa shape index (κ1) is 8.82. The first-order valence-electron chi connectivity index (χ1n) is 5.14. The van der Waals surface area contributed by atoms with Crippen LogP contribution in [-0.4, -0.2) is 12.0 Å². The summed E-state index contributed by atoms with van der Waals surface area (Å²) in [7, 11) is 2.00. The SMILES string of the molecule is CNCc1cc(C2CCC2)[nH]c1C. The molecule has 1 saturated carbocycles. The number of nitrogens with one attached hydrogen (secondary N) is 2. The van der Waals surface area contributed by atoms with Crippen molar-refractivity contribution >= 4 is 0 Å². The highest BCUT2D eigenvalue weighted by Crippen LogP contribution is 2.36. The molecule has 72 valence electrons. The van der Waals surface area contributed by atoms with Crippen LogP contribution in [0, 0.1) is 6.92 Å². The van der Waals surface area contributed by atoms with Gasteiger partial charge in [0, 0.05) is 17.9 Å². The molecule has 0 bridgehead atoms. The van der Waals surface area contributed by atoms with Crippen LogP contribution in [0.25, 0.3) is 0 Å². The number of H-pyrrole nitrogens is 1. The van der Waals surface area contributed by atoms with Crippen molar-refractivity contribution in [2.24, 2.45) is 0 Å². The summed E-state index contributed by atoms with van der Waals surface area (Å²) < 4.78 is 0. The van der Waals surface area contributed by atoms with Gasteiger partial charge in [0.15, 0.2) is 0 Å². The normalized spacial score (nSPS) is 17.4. The van der Waals surface area contributed by atoms with Gasteiger partial charge in [0.2, 0.25) is 0 Å². The number of aryl methyl sites for hydroxylation is 1. The molecular formula is C11H18N2. The minimum Gasteiger partial charge on any atom is -0.362 e. The standard InChI is InChI=1S/C11H18N2/c1-8-10(7-12-2)6-11(13-8)9-4-3-5-9/h6,9,12-13H,3-5,7H2,1-2H3. The van der Waals surface area contributed by atoms with Crippen molar-refractivity contribution in [2.45, 2.75) is 38.6 Å². The van der Waals surface area contributed by atoms with Gasteiger partial charge in [-0.05, 0) is 44.4 Å². The molecule has 1 aromatic heterocycles. The zero-order chi connectivity index (χ0) is 9.26. The van der Waals surface area contributed by atoms with E-state index < -0.39 is 0 Å². The maximum atomic E-state index is 3.49. The number of aromatic nitrogens is 1. The molecule has 1 aliphatic carbocycles. The highest BCUT2D eigenvalue weighted by Gasteiger charge is 2.21. The molecule has 2 N–H and O–H groups in total. The Labute approximate surface area is 79.7 Å². The summed E-state index contributed by atoms with van der Waals surface area (Å²) in [6.07, 6.45) is 4.15. The fourth-order valence-electron chi connectivity index (χ4n) is 1.94. The van der Waals surface area contributed by atoms with Crippen LogP contribution in [0.3, 0.4) is 0 Å². The van der Waals surface area contributed by atoms with E-state index >= 15 is 0 Å². The van der Waals surface area contributed by atoms with Gasteiger partial charge in [-0.3, -0.25) is 0 Å². The van der Waals surface area contributed by atoms with Crippen LogP contribution >= 0.6 is 0 Å². The summed E-state index contributed by atoms with van der Waals surface area (Å²) in [5.41, 5.74) is 4.20. The van der Waals surface area contributed by atoms with Gasteiger partial charge in [-0.2, -0.15) is 0 Å². The Morgan fingerprint density at radius 2 is 2.31 bits per heavy atom. The van der Waals surface area contributed by atoms with Crippen LogP contribution < -0.4 is 5.32 Å². The first-order chi connectivity index (χ1) is 6.31. The zero-order valence-corrected chi connectivity index (χ0v) is 8.48. The Hall–Kier alpha value is -0.760. The molecule has 0 saturated heterocycles. The second-order valence-electron chi connectivity index (χ2n) is 4.03. The van der Waals surface area contributed by atoms with Crippen LogP contribution in [-0.2, 0) is 6.54 Å². The monoisotopic (exact) mass is 178 g/mol. The van der Waals surface area contributed by atoms with Crippen molar-refractivity contribution in [3.63, 3.8) is 0 Å². The molecular weight excluding hydrogens is 160 g/mol. The maximum Gasteiger partial charge on any atom is 0.0220 e. The van der Waals surface area contributed by atoms with Crippen LogP contribution in [0.15, 0.2) is 6.07 Å². The average Bonchev–Trinajstić information content (AvgIpc) is 2.30. The molecule has 0 aromatic carbocycles. The zero-order valence-electron chi connectivity index (χ0n) is 8.48. The van der Waals surface area contributed by atoms with Gasteiger partial charge in [0.05, 0.1) is 0 Å². The van der Waals surface area contributed by atoms with E-state index in [1.54, 1.807) is 0 Å². The fourth-order valence-corrected chi connectivity index (χ4v) is 1.94. The number of rotatable bonds is 3. The van der Waals surface area contributed by atoms with Crippen molar-refractivity contribution in [2.75, 3.05) is 7.05 Å². The Bertz CT molecular complexity index is 284. The lowest BCUT2D eigenvalue weighted by Gasteiger charge is -2.24. The summed E-state index contributed by atoms with van der Waals surface area (Å²) in [5, 5.41) is 3.19. The fraction of sp³-hybridized carbons (Fsp3) is 0.636. The van der Waals surface area contributed by atoms with Crippen molar-refractivity contribution in [3.8, 4) is 0 Å². The summed E-state index contributed by atoms with van der Waals surface area (Å²) in [5.74, 6) is 0.823. The highest BCUT2D eigenvalue weighted by molar-refractivity contribution is 5.27. The topological polar surface area (TPSA) is 27.8 Å². The summed E-state index contributed by atoms with van der Waals surface area (Å²) >= 11 is 0. The van der Waals surface area contributed by atoms with E-state index in [0.29, 0.717) is 0 Å². The first-order valence-corrected chi connectivity index (χ1v) is 5.14. The van der Waals surface area contributed by atoms with Crippen LogP contribution in [0.4, 0.5) is 0 Å². The molecule has 1 fully saturated rings. The van der Waals surface area contributed by atoms with Crippen molar-refractivity contribution in [3.05, 3.63) is 23.0 Å². The third-order valence-electron chi connectivity index (χ3n) is 3.06. The molecule has 2 heteroatoms. The molecule has 0 amide bonds. The van der Waals surface area contributed by atoms with Crippen molar-refractivity contribution in [1.82, 2.24) is 10.3 Å². The third kappa shape index (κ3) is 1.63. The van der Waals surface area contributed by atoms with Crippen molar-refractivity contribution in [1.29, 1.82) is 0 Å². The number of hydrogen-bond donors (Lipinski definition) is 2. The van der Waals surface area contributed by atoms with Gasteiger partial charge in [-0.25, -0.2) is 0 Å². The maximum absolute atomic E-state index is 3.49. The summed E-state index contributed by atoms with van der Waals surface area (Å²) in [4.78, 5) is 3.49. The predicted octanol–water partition coefficient (Wildman–Crippen LogP) is 2.31. The Morgan fingerprint density at radius 3 is 2.85 bits per heavy atom. The van der Waals surface area contributed by atoms with Crippen LogP contribution in [0.2, 0.25) is 0 Å². The van der Waals surface area contributed by atoms with E-state index in [-0.39, 0.29) is 0 Å². The summed E-state index contributed by atoms with van der Waals surface area (Å²) in [6.45, 7) is 3.14. The lowest BCUT2D eigenvalue weighted by Crippen LogP contribution is -2.08. The largest absolute Gasteiger partial charge is 0.362 e. The number of hydrogen-bond acceptors (Lipinski definition) is 1. The molecule has 1 heterocycles. The van der Waals surface area contributed by atoms with E-state index in [1.807, 2.05) is 7.05 Å². The Kier molecular flexibility index (Phi) is 2.40. The van der Waals surface area contributed by atoms with Crippen LogP contribution in [0.5, 0.6) is 0 Å².